The lowest BCUT2D eigenvalue weighted by Gasteiger charge is -2.10. The molecular weight excluding hydrogens is 188 g/mol. The Morgan fingerprint density at radius 3 is 2.14 bits per heavy atom. The van der Waals surface area contributed by atoms with Gasteiger partial charge in [-0.05, 0) is 13.0 Å². The molecule has 1 rings (SSSR count). The minimum absolute atomic E-state index is 0.0628. The van der Waals surface area contributed by atoms with Crippen LogP contribution in [-0.2, 0) is 4.79 Å². The van der Waals surface area contributed by atoms with Crippen molar-refractivity contribution in [2.24, 2.45) is 0 Å². The van der Waals surface area contributed by atoms with Crippen LogP contribution >= 0.6 is 0 Å². The third kappa shape index (κ3) is 1.71. The summed E-state index contributed by atoms with van der Waals surface area (Å²) < 4.78 is 0. The molecule has 1 aromatic carbocycles. The molecule has 76 valence electrons. The highest BCUT2D eigenvalue weighted by Gasteiger charge is 2.19. The number of hydrogen-bond donors (Lipinski definition) is 4. The van der Waals surface area contributed by atoms with Gasteiger partial charge in [0.2, 0.25) is 0 Å². The van der Waals surface area contributed by atoms with Crippen molar-refractivity contribution < 1.29 is 25.2 Å². The number of phenols is 3. The molecule has 0 amide bonds. The van der Waals surface area contributed by atoms with Crippen LogP contribution in [0.25, 0.3) is 0 Å². The zero-order valence-corrected chi connectivity index (χ0v) is 7.43. The standard InChI is InChI=1S/C9H10O5/c1-4(9(13)14)5-2-7(11)8(12)3-6(5)10/h2-4,10-12H,1H3,(H,13,14). The van der Waals surface area contributed by atoms with Crippen molar-refractivity contribution in [3.8, 4) is 17.2 Å². The van der Waals surface area contributed by atoms with Gasteiger partial charge in [0.25, 0.3) is 0 Å². The van der Waals surface area contributed by atoms with E-state index in [4.69, 9.17) is 15.3 Å². The fourth-order valence-electron chi connectivity index (χ4n) is 1.06. The van der Waals surface area contributed by atoms with Gasteiger partial charge in [0.15, 0.2) is 11.5 Å². The molecule has 1 atom stereocenters. The fourth-order valence-corrected chi connectivity index (χ4v) is 1.06. The minimum Gasteiger partial charge on any atom is -0.507 e. The third-order valence-electron chi connectivity index (χ3n) is 1.96. The summed E-state index contributed by atoms with van der Waals surface area (Å²) in [5.41, 5.74) is 0.0628. The van der Waals surface area contributed by atoms with E-state index in [9.17, 15) is 9.90 Å². The van der Waals surface area contributed by atoms with E-state index in [1.165, 1.54) is 6.92 Å². The number of carboxylic acid groups (broad SMARTS) is 1. The van der Waals surface area contributed by atoms with E-state index < -0.39 is 23.4 Å². The first-order valence-corrected chi connectivity index (χ1v) is 3.91. The Hall–Kier alpha value is -1.91. The van der Waals surface area contributed by atoms with Crippen molar-refractivity contribution in [3.63, 3.8) is 0 Å². The SMILES string of the molecule is CC(C(=O)O)c1cc(O)c(O)cc1O. The first-order valence-electron chi connectivity index (χ1n) is 3.91. The molecule has 0 aromatic heterocycles. The highest BCUT2D eigenvalue weighted by atomic mass is 16.4. The van der Waals surface area contributed by atoms with Gasteiger partial charge in [-0.25, -0.2) is 0 Å². The van der Waals surface area contributed by atoms with Gasteiger partial charge in [0, 0.05) is 11.6 Å². The summed E-state index contributed by atoms with van der Waals surface area (Å²) in [7, 11) is 0. The molecule has 0 saturated heterocycles. The van der Waals surface area contributed by atoms with E-state index in [1.807, 2.05) is 0 Å². The summed E-state index contributed by atoms with van der Waals surface area (Å²) in [6.45, 7) is 1.37. The molecule has 0 spiro atoms. The fraction of sp³-hybridized carbons (Fsp3) is 0.222. The Bertz CT molecular complexity index is 372. The predicted molar refractivity (Wildman–Crippen MR) is 47.5 cm³/mol. The molecule has 0 bridgehead atoms. The van der Waals surface area contributed by atoms with Crippen LogP contribution in [0.5, 0.6) is 17.2 Å². The molecule has 0 aliphatic rings. The van der Waals surface area contributed by atoms with Crippen LogP contribution in [0.1, 0.15) is 18.4 Å². The number of phenolic OH excluding ortho intramolecular Hbond substituents is 3. The quantitative estimate of drug-likeness (QED) is 0.419. The number of rotatable bonds is 2. The summed E-state index contributed by atoms with van der Waals surface area (Å²) in [5, 5.41) is 36.1. The van der Waals surface area contributed by atoms with Gasteiger partial charge in [-0.15, -0.1) is 0 Å². The van der Waals surface area contributed by atoms with E-state index in [1.54, 1.807) is 0 Å². The largest absolute Gasteiger partial charge is 0.507 e. The monoisotopic (exact) mass is 198 g/mol. The highest BCUT2D eigenvalue weighted by molar-refractivity contribution is 5.77. The average molecular weight is 198 g/mol. The molecule has 0 fully saturated rings. The number of benzene rings is 1. The average Bonchev–Trinajstić information content (AvgIpc) is 2.10. The summed E-state index contributed by atoms with van der Waals surface area (Å²) >= 11 is 0. The van der Waals surface area contributed by atoms with E-state index >= 15 is 0 Å². The second-order valence-corrected chi connectivity index (χ2v) is 2.96. The van der Waals surface area contributed by atoms with Crippen molar-refractivity contribution in [1.82, 2.24) is 0 Å². The minimum atomic E-state index is -1.12. The maximum absolute atomic E-state index is 10.6. The Kier molecular flexibility index (Phi) is 2.51. The lowest BCUT2D eigenvalue weighted by Crippen LogP contribution is -2.07. The molecule has 1 unspecified atom stereocenters. The van der Waals surface area contributed by atoms with Crippen molar-refractivity contribution in [2.75, 3.05) is 0 Å². The summed E-state index contributed by atoms with van der Waals surface area (Å²) in [5.74, 6) is -3.35. The maximum Gasteiger partial charge on any atom is 0.310 e. The van der Waals surface area contributed by atoms with Crippen molar-refractivity contribution in [1.29, 1.82) is 0 Å². The number of aliphatic carboxylic acids is 1. The van der Waals surface area contributed by atoms with Crippen molar-refractivity contribution in [2.45, 2.75) is 12.8 Å². The van der Waals surface area contributed by atoms with E-state index in [0.717, 1.165) is 12.1 Å². The lowest BCUT2D eigenvalue weighted by atomic mass is 10.00. The summed E-state index contributed by atoms with van der Waals surface area (Å²) in [4.78, 5) is 10.6. The number of hydrogen-bond acceptors (Lipinski definition) is 4. The predicted octanol–water partition coefficient (Wildman–Crippen LogP) is 0.991. The Labute approximate surface area is 79.9 Å². The Morgan fingerprint density at radius 1 is 1.14 bits per heavy atom. The molecule has 4 N–H and O–H groups in total. The maximum atomic E-state index is 10.6. The third-order valence-corrected chi connectivity index (χ3v) is 1.96. The second kappa shape index (κ2) is 3.45. The van der Waals surface area contributed by atoms with Gasteiger partial charge in [0.1, 0.15) is 5.75 Å². The molecule has 0 saturated carbocycles. The Balaban J connectivity index is 3.22. The normalized spacial score (nSPS) is 12.4. The number of carboxylic acids is 1. The van der Waals surface area contributed by atoms with Crippen LogP contribution in [0.2, 0.25) is 0 Å². The summed E-state index contributed by atoms with van der Waals surface area (Å²) in [6.07, 6.45) is 0. The molecule has 0 aliphatic heterocycles. The van der Waals surface area contributed by atoms with Crippen LogP contribution in [0.15, 0.2) is 12.1 Å². The zero-order valence-electron chi connectivity index (χ0n) is 7.43. The van der Waals surface area contributed by atoms with Gasteiger partial charge in [0.05, 0.1) is 5.92 Å². The van der Waals surface area contributed by atoms with Gasteiger partial charge in [-0.1, -0.05) is 0 Å². The molecule has 0 heterocycles. The topological polar surface area (TPSA) is 98.0 Å². The molecule has 5 heteroatoms. The van der Waals surface area contributed by atoms with Crippen LogP contribution in [0, 0.1) is 0 Å². The van der Waals surface area contributed by atoms with Gasteiger partial charge >= 0.3 is 5.97 Å². The number of aromatic hydroxyl groups is 3. The molecular formula is C9H10O5. The van der Waals surface area contributed by atoms with E-state index in [0.29, 0.717) is 0 Å². The van der Waals surface area contributed by atoms with Crippen molar-refractivity contribution in [3.05, 3.63) is 17.7 Å². The Morgan fingerprint density at radius 2 is 1.64 bits per heavy atom. The smallest absolute Gasteiger partial charge is 0.310 e. The van der Waals surface area contributed by atoms with Gasteiger partial charge in [-0.2, -0.15) is 0 Å². The van der Waals surface area contributed by atoms with Crippen LogP contribution in [0.4, 0.5) is 0 Å². The first kappa shape index (κ1) is 10.2. The lowest BCUT2D eigenvalue weighted by molar-refractivity contribution is -0.138. The van der Waals surface area contributed by atoms with Crippen LogP contribution < -0.4 is 0 Å². The summed E-state index contributed by atoms with van der Waals surface area (Å²) in [6, 6.07) is 1.94. The van der Waals surface area contributed by atoms with Crippen molar-refractivity contribution >= 4 is 5.97 Å². The molecule has 0 radical (unpaired) electrons. The number of carbonyl (C=O) groups is 1. The first-order chi connectivity index (χ1) is 6.43. The zero-order chi connectivity index (χ0) is 10.9. The van der Waals surface area contributed by atoms with Crippen LogP contribution in [0.3, 0.4) is 0 Å². The van der Waals surface area contributed by atoms with E-state index in [2.05, 4.69) is 0 Å². The molecule has 5 nitrogen and oxygen atoms in total. The van der Waals surface area contributed by atoms with Gasteiger partial charge < -0.3 is 20.4 Å². The van der Waals surface area contributed by atoms with Gasteiger partial charge in [-0.3, -0.25) is 4.79 Å². The highest BCUT2D eigenvalue weighted by Crippen LogP contribution is 2.35. The molecule has 14 heavy (non-hydrogen) atoms. The van der Waals surface area contributed by atoms with Crippen LogP contribution in [-0.4, -0.2) is 26.4 Å². The van der Waals surface area contributed by atoms with E-state index in [-0.39, 0.29) is 11.3 Å². The second-order valence-electron chi connectivity index (χ2n) is 2.96. The molecule has 1 aromatic rings. The molecule has 0 aliphatic carbocycles.